The van der Waals surface area contributed by atoms with Crippen LogP contribution in [0.1, 0.15) is 25.8 Å². The predicted octanol–water partition coefficient (Wildman–Crippen LogP) is 2.49. The van der Waals surface area contributed by atoms with E-state index in [2.05, 4.69) is 24.1 Å². The van der Waals surface area contributed by atoms with Gasteiger partial charge in [-0.3, -0.25) is 0 Å². The molecule has 1 rings (SSSR count). The Balaban J connectivity index is 2.37. The van der Waals surface area contributed by atoms with Crippen molar-refractivity contribution in [2.45, 2.75) is 26.8 Å². The second-order valence-electron chi connectivity index (χ2n) is 4.52. The molecule has 1 aromatic carbocycles. The molecule has 0 saturated heterocycles. The maximum absolute atomic E-state index is 13.1. The quantitative estimate of drug-likeness (QED) is 0.714. The van der Waals surface area contributed by atoms with E-state index in [-0.39, 0.29) is 0 Å². The molecule has 0 unspecified atom stereocenters. The fraction of sp³-hybridized carbons (Fsp3) is 0.571. The van der Waals surface area contributed by atoms with Crippen LogP contribution in [0.3, 0.4) is 0 Å². The maximum atomic E-state index is 13.1. The van der Waals surface area contributed by atoms with Crippen LogP contribution in [0.15, 0.2) is 12.1 Å². The van der Waals surface area contributed by atoms with Crippen molar-refractivity contribution in [1.82, 2.24) is 10.2 Å². The smallest absolute Gasteiger partial charge is 0.187 e. The molecule has 0 saturated carbocycles. The van der Waals surface area contributed by atoms with Crippen molar-refractivity contribution >= 4 is 0 Å². The van der Waals surface area contributed by atoms with E-state index in [9.17, 15) is 8.78 Å². The number of benzene rings is 1. The molecule has 1 aromatic rings. The zero-order valence-electron chi connectivity index (χ0n) is 11.5. The van der Waals surface area contributed by atoms with E-state index < -0.39 is 17.4 Å². The molecular weight excluding hydrogens is 250 g/mol. The fourth-order valence-electron chi connectivity index (χ4n) is 1.93. The number of likely N-dealkylation sites (N-methyl/N-ethyl adjacent to an activating group) is 1. The first kappa shape index (κ1) is 15.9. The summed E-state index contributed by atoms with van der Waals surface area (Å²) in [7, 11) is 0. The number of hydrogen-bond acceptors (Lipinski definition) is 3. The van der Waals surface area contributed by atoms with Crippen LogP contribution in [0.25, 0.3) is 0 Å². The van der Waals surface area contributed by atoms with Gasteiger partial charge in [0.2, 0.25) is 0 Å². The number of hydrogen-bond donors (Lipinski definition) is 2. The molecule has 0 aliphatic rings. The minimum absolute atomic E-state index is 0.387. The Labute approximate surface area is 113 Å². The van der Waals surface area contributed by atoms with Crippen molar-refractivity contribution in [3.8, 4) is 5.75 Å². The Morgan fingerprint density at radius 3 is 2.32 bits per heavy atom. The second kappa shape index (κ2) is 8.07. The number of aromatic hydroxyl groups is 1. The van der Waals surface area contributed by atoms with E-state index in [0.717, 1.165) is 44.7 Å². The van der Waals surface area contributed by atoms with Crippen LogP contribution in [-0.2, 0) is 6.54 Å². The molecule has 2 N–H and O–H groups in total. The largest absolute Gasteiger partial charge is 0.503 e. The molecule has 0 heterocycles. The van der Waals surface area contributed by atoms with Gasteiger partial charge in [-0.25, -0.2) is 8.78 Å². The molecule has 5 heteroatoms. The van der Waals surface area contributed by atoms with E-state index in [1.807, 2.05) is 0 Å². The summed E-state index contributed by atoms with van der Waals surface area (Å²) in [5.41, 5.74) is 0.492. The molecule has 19 heavy (non-hydrogen) atoms. The highest BCUT2D eigenvalue weighted by atomic mass is 19.1. The lowest BCUT2D eigenvalue weighted by Gasteiger charge is -2.19. The summed E-state index contributed by atoms with van der Waals surface area (Å²) >= 11 is 0. The van der Waals surface area contributed by atoms with Crippen LogP contribution in [-0.4, -0.2) is 36.2 Å². The third-order valence-corrected chi connectivity index (χ3v) is 3.00. The molecule has 0 bridgehead atoms. The average molecular weight is 272 g/mol. The Morgan fingerprint density at radius 2 is 1.79 bits per heavy atom. The molecule has 0 aromatic heterocycles. The summed E-state index contributed by atoms with van der Waals surface area (Å²) in [5, 5.41) is 12.1. The van der Waals surface area contributed by atoms with Gasteiger partial charge in [0.05, 0.1) is 0 Å². The van der Waals surface area contributed by atoms with Gasteiger partial charge < -0.3 is 15.3 Å². The van der Waals surface area contributed by atoms with E-state index >= 15 is 0 Å². The minimum Gasteiger partial charge on any atom is -0.503 e. The third-order valence-electron chi connectivity index (χ3n) is 3.00. The van der Waals surface area contributed by atoms with Gasteiger partial charge in [0, 0.05) is 19.6 Å². The molecule has 0 atom stereocenters. The third kappa shape index (κ3) is 5.12. The summed E-state index contributed by atoms with van der Waals surface area (Å²) in [4.78, 5) is 2.31. The molecule has 0 amide bonds. The number of rotatable bonds is 8. The Morgan fingerprint density at radius 1 is 1.16 bits per heavy atom. The van der Waals surface area contributed by atoms with E-state index in [4.69, 9.17) is 5.11 Å². The monoisotopic (exact) mass is 272 g/mol. The number of halogens is 2. The van der Waals surface area contributed by atoms with Crippen LogP contribution in [0.4, 0.5) is 8.78 Å². The van der Waals surface area contributed by atoms with E-state index in [1.54, 1.807) is 0 Å². The van der Waals surface area contributed by atoms with E-state index in [1.165, 1.54) is 0 Å². The van der Waals surface area contributed by atoms with Crippen molar-refractivity contribution in [2.75, 3.05) is 26.2 Å². The van der Waals surface area contributed by atoms with Gasteiger partial charge in [-0.1, -0.05) is 13.8 Å². The molecular formula is C14H22F2N2O. The van der Waals surface area contributed by atoms with Gasteiger partial charge in [-0.15, -0.1) is 0 Å². The first-order chi connectivity index (χ1) is 9.08. The normalized spacial score (nSPS) is 11.2. The van der Waals surface area contributed by atoms with Gasteiger partial charge >= 0.3 is 0 Å². The standard InChI is InChI=1S/C14H22F2N2O/c1-3-6-18(4-2)7-5-17-10-11-8-12(15)14(19)13(16)9-11/h8-9,17,19H,3-7,10H2,1-2H3. The first-order valence-corrected chi connectivity index (χ1v) is 6.68. The lowest BCUT2D eigenvalue weighted by Crippen LogP contribution is -2.32. The summed E-state index contributed by atoms with van der Waals surface area (Å²) in [6, 6.07) is 2.30. The average Bonchev–Trinajstić information content (AvgIpc) is 2.39. The number of nitrogens with one attached hydrogen (secondary N) is 1. The van der Waals surface area contributed by atoms with Gasteiger partial charge in [0.15, 0.2) is 17.4 Å². The zero-order valence-corrected chi connectivity index (χ0v) is 11.5. The molecule has 0 aliphatic carbocycles. The number of phenolic OH excluding ortho intramolecular Hbond substituents is 1. The van der Waals surface area contributed by atoms with Crippen LogP contribution in [0.5, 0.6) is 5.75 Å². The summed E-state index contributed by atoms with van der Waals surface area (Å²) in [5.74, 6) is -2.75. The van der Waals surface area contributed by atoms with Crippen molar-refractivity contribution < 1.29 is 13.9 Å². The van der Waals surface area contributed by atoms with Crippen LogP contribution >= 0.6 is 0 Å². The molecule has 0 fully saturated rings. The minimum atomic E-state index is -0.919. The van der Waals surface area contributed by atoms with Gasteiger partial charge in [0.1, 0.15) is 0 Å². The number of nitrogens with zero attached hydrogens (tertiary/aromatic N) is 1. The maximum Gasteiger partial charge on any atom is 0.187 e. The topological polar surface area (TPSA) is 35.5 Å². The molecule has 3 nitrogen and oxygen atoms in total. The van der Waals surface area contributed by atoms with E-state index in [0.29, 0.717) is 12.1 Å². The van der Waals surface area contributed by atoms with Gasteiger partial charge in [-0.2, -0.15) is 0 Å². The Hall–Kier alpha value is -1.20. The van der Waals surface area contributed by atoms with Crippen LogP contribution in [0.2, 0.25) is 0 Å². The second-order valence-corrected chi connectivity index (χ2v) is 4.52. The molecule has 108 valence electrons. The van der Waals surface area contributed by atoms with Crippen molar-refractivity contribution in [2.24, 2.45) is 0 Å². The summed E-state index contributed by atoms with van der Waals surface area (Å²) in [6.07, 6.45) is 1.11. The highest BCUT2D eigenvalue weighted by Crippen LogP contribution is 2.21. The lowest BCUT2D eigenvalue weighted by molar-refractivity contribution is 0.287. The molecule has 0 spiro atoms. The van der Waals surface area contributed by atoms with Crippen LogP contribution < -0.4 is 5.32 Å². The summed E-state index contributed by atoms with van der Waals surface area (Å²) in [6.45, 7) is 8.36. The van der Waals surface area contributed by atoms with Crippen molar-refractivity contribution in [1.29, 1.82) is 0 Å². The van der Waals surface area contributed by atoms with Crippen molar-refractivity contribution in [3.63, 3.8) is 0 Å². The van der Waals surface area contributed by atoms with Crippen molar-refractivity contribution in [3.05, 3.63) is 29.3 Å². The first-order valence-electron chi connectivity index (χ1n) is 6.68. The molecule has 0 aliphatic heterocycles. The molecule has 0 radical (unpaired) electrons. The summed E-state index contributed by atoms with van der Waals surface area (Å²) < 4.78 is 26.2. The van der Waals surface area contributed by atoms with Gasteiger partial charge in [0.25, 0.3) is 0 Å². The highest BCUT2D eigenvalue weighted by Gasteiger charge is 2.09. The SMILES string of the molecule is CCCN(CC)CCNCc1cc(F)c(O)c(F)c1. The Bertz CT molecular complexity index is 376. The number of phenols is 1. The fourth-order valence-corrected chi connectivity index (χ4v) is 1.93. The van der Waals surface area contributed by atoms with Crippen LogP contribution in [0, 0.1) is 11.6 Å². The highest BCUT2D eigenvalue weighted by molar-refractivity contribution is 5.29. The van der Waals surface area contributed by atoms with Gasteiger partial charge in [-0.05, 0) is 37.2 Å². The predicted molar refractivity (Wildman–Crippen MR) is 72.1 cm³/mol. The Kier molecular flexibility index (Phi) is 6.73. The zero-order chi connectivity index (χ0) is 14.3. The lowest BCUT2D eigenvalue weighted by atomic mass is 10.2.